The SMILES string of the molecule is O=C(c1ccc(Sc2ccc3c4c(cccc24)C(=O)OC3=O)cc1)c1ccc(Sc2ccc3c4c(cccc24)C(=O)OC3=O)cc1. The van der Waals surface area contributed by atoms with E-state index < -0.39 is 23.9 Å². The van der Waals surface area contributed by atoms with Crippen molar-refractivity contribution in [1.82, 2.24) is 0 Å². The molecule has 2 aliphatic rings. The maximum absolute atomic E-state index is 13.3. The molecule has 0 fully saturated rings. The largest absolute Gasteiger partial charge is 0.386 e. The molecule has 0 bridgehead atoms. The fourth-order valence-corrected chi connectivity index (χ4v) is 7.66. The molecule has 0 saturated heterocycles. The van der Waals surface area contributed by atoms with Gasteiger partial charge >= 0.3 is 23.9 Å². The zero-order valence-electron chi connectivity index (χ0n) is 23.6. The minimum Gasteiger partial charge on any atom is -0.386 e. The van der Waals surface area contributed by atoms with Crippen LogP contribution in [0.2, 0.25) is 0 Å². The molecule has 0 saturated carbocycles. The number of hydrogen-bond acceptors (Lipinski definition) is 9. The van der Waals surface area contributed by atoms with Gasteiger partial charge < -0.3 is 9.47 Å². The fraction of sp³-hybridized carbons (Fsp3) is 0. The normalized spacial score (nSPS) is 13.6. The molecule has 0 N–H and O–H groups in total. The Bertz CT molecular complexity index is 2140. The Balaban J connectivity index is 1.01. The highest BCUT2D eigenvalue weighted by molar-refractivity contribution is 7.99. The molecule has 6 aromatic carbocycles. The molecule has 0 atom stereocenters. The van der Waals surface area contributed by atoms with Gasteiger partial charge in [0.25, 0.3) is 0 Å². The number of benzene rings is 6. The summed E-state index contributed by atoms with van der Waals surface area (Å²) >= 11 is 2.95. The lowest BCUT2D eigenvalue weighted by molar-refractivity contribution is 0.0373. The fourth-order valence-electron chi connectivity index (χ4n) is 5.78. The van der Waals surface area contributed by atoms with Crippen LogP contribution in [0.3, 0.4) is 0 Å². The third-order valence-electron chi connectivity index (χ3n) is 7.94. The van der Waals surface area contributed by atoms with Gasteiger partial charge in [-0.2, -0.15) is 0 Å². The zero-order chi connectivity index (χ0) is 31.5. The zero-order valence-corrected chi connectivity index (χ0v) is 25.2. The van der Waals surface area contributed by atoms with E-state index in [0.29, 0.717) is 44.2 Å². The van der Waals surface area contributed by atoms with Gasteiger partial charge in [0.1, 0.15) is 0 Å². The molecule has 2 heterocycles. The van der Waals surface area contributed by atoms with Gasteiger partial charge in [-0.25, -0.2) is 19.2 Å². The Morgan fingerprint density at radius 2 is 0.804 bits per heavy atom. The molecule has 2 aliphatic heterocycles. The third-order valence-corrected chi connectivity index (χ3v) is 10.1. The molecule has 0 aromatic heterocycles. The smallest absolute Gasteiger partial charge is 0.346 e. The summed E-state index contributed by atoms with van der Waals surface area (Å²) in [7, 11) is 0. The van der Waals surface area contributed by atoms with E-state index in [-0.39, 0.29) is 5.78 Å². The maximum atomic E-state index is 13.3. The van der Waals surface area contributed by atoms with Crippen LogP contribution in [0.5, 0.6) is 0 Å². The summed E-state index contributed by atoms with van der Waals surface area (Å²) < 4.78 is 9.72. The average molecular weight is 639 g/mol. The first-order valence-electron chi connectivity index (χ1n) is 14.1. The summed E-state index contributed by atoms with van der Waals surface area (Å²) in [6, 6.07) is 32.2. The Hall–Kier alpha value is -5.51. The van der Waals surface area contributed by atoms with Gasteiger partial charge in [-0.1, -0.05) is 47.8 Å². The minimum absolute atomic E-state index is 0.120. The van der Waals surface area contributed by atoms with E-state index in [1.165, 1.54) is 23.5 Å². The van der Waals surface area contributed by atoms with Crippen LogP contribution in [0.1, 0.15) is 57.4 Å². The second kappa shape index (κ2) is 10.8. The van der Waals surface area contributed by atoms with E-state index in [2.05, 4.69) is 0 Å². The van der Waals surface area contributed by atoms with Gasteiger partial charge in [0.05, 0.1) is 22.3 Å². The predicted octanol–water partition coefficient (Wildman–Crippen LogP) is 8.15. The van der Waals surface area contributed by atoms with Crippen LogP contribution in [0.25, 0.3) is 21.5 Å². The summed E-state index contributed by atoms with van der Waals surface area (Å²) in [5.41, 5.74) is 2.53. The van der Waals surface area contributed by atoms with Crippen LogP contribution in [-0.2, 0) is 9.47 Å². The number of carbonyl (C=O) groups is 5. The summed E-state index contributed by atoms with van der Waals surface area (Å²) in [5, 5.41) is 2.75. The van der Waals surface area contributed by atoms with Gasteiger partial charge in [0.15, 0.2) is 5.78 Å². The first kappa shape index (κ1) is 28.0. The molecule has 6 aromatic rings. The number of hydrogen-bond donors (Lipinski definition) is 0. The lowest BCUT2D eigenvalue weighted by Crippen LogP contribution is -2.19. The first-order valence-corrected chi connectivity index (χ1v) is 15.7. The first-order chi connectivity index (χ1) is 22.4. The van der Waals surface area contributed by atoms with Crippen molar-refractivity contribution >= 4 is 74.7 Å². The molecule has 9 heteroatoms. The Morgan fingerprint density at radius 1 is 0.435 bits per heavy atom. The lowest BCUT2D eigenvalue weighted by atomic mass is 9.97. The number of esters is 4. The van der Waals surface area contributed by atoms with E-state index in [9.17, 15) is 24.0 Å². The van der Waals surface area contributed by atoms with Crippen LogP contribution in [0.15, 0.2) is 129 Å². The summed E-state index contributed by atoms with van der Waals surface area (Å²) in [4.78, 5) is 65.9. The summed E-state index contributed by atoms with van der Waals surface area (Å²) in [6.07, 6.45) is 0. The number of ether oxygens (including phenoxy) is 2. The van der Waals surface area contributed by atoms with E-state index in [0.717, 1.165) is 30.4 Å². The molecular weight excluding hydrogens is 621 g/mol. The highest BCUT2D eigenvalue weighted by Gasteiger charge is 2.29. The van der Waals surface area contributed by atoms with E-state index in [1.807, 2.05) is 48.5 Å². The summed E-state index contributed by atoms with van der Waals surface area (Å²) in [5.74, 6) is -2.72. The van der Waals surface area contributed by atoms with Crippen LogP contribution < -0.4 is 0 Å². The van der Waals surface area contributed by atoms with Crippen molar-refractivity contribution in [1.29, 1.82) is 0 Å². The average Bonchev–Trinajstić information content (AvgIpc) is 3.07. The van der Waals surface area contributed by atoms with Crippen LogP contribution in [-0.4, -0.2) is 29.7 Å². The third kappa shape index (κ3) is 4.60. The van der Waals surface area contributed by atoms with Crippen molar-refractivity contribution < 1.29 is 33.4 Å². The van der Waals surface area contributed by atoms with Crippen molar-refractivity contribution in [3.05, 3.63) is 143 Å². The molecule has 0 spiro atoms. The van der Waals surface area contributed by atoms with E-state index >= 15 is 0 Å². The maximum Gasteiger partial charge on any atom is 0.346 e. The van der Waals surface area contributed by atoms with E-state index in [4.69, 9.17) is 9.47 Å². The number of rotatable bonds is 6. The van der Waals surface area contributed by atoms with Crippen molar-refractivity contribution in [3.8, 4) is 0 Å². The lowest BCUT2D eigenvalue weighted by Gasteiger charge is -2.17. The van der Waals surface area contributed by atoms with Gasteiger partial charge in [-0.3, -0.25) is 4.79 Å². The van der Waals surface area contributed by atoms with Crippen LogP contribution in [0.4, 0.5) is 0 Å². The van der Waals surface area contributed by atoms with Crippen molar-refractivity contribution in [2.24, 2.45) is 0 Å². The van der Waals surface area contributed by atoms with Crippen LogP contribution in [0, 0.1) is 0 Å². The minimum atomic E-state index is -0.651. The highest BCUT2D eigenvalue weighted by atomic mass is 32.2. The molecule has 0 radical (unpaired) electrons. The Kier molecular flexibility index (Phi) is 6.59. The van der Waals surface area contributed by atoms with Gasteiger partial charge in [0, 0.05) is 41.5 Å². The van der Waals surface area contributed by atoms with Gasteiger partial charge in [-0.15, -0.1) is 0 Å². The standard InChI is InChI=1S/C37H18O7S2/c38-33(19-7-11-21(12-8-19)45-29-17-15-27-31-23(29)3-1-5-25(31)34(39)43-36(27)41)20-9-13-22(14-10-20)46-30-18-16-28-32-24(30)4-2-6-26(32)35(40)44-37(28)42/h1-18H. The van der Waals surface area contributed by atoms with Crippen molar-refractivity contribution in [3.63, 3.8) is 0 Å². The van der Waals surface area contributed by atoms with E-state index in [1.54, 1.807) is 60.7 Å². The Morgan fingerprint density at radius 3 is 1.20 bits per heavy atom. The molecule has 46 heavy (non-hydrogen) atoms. The monoisotopic (exact) mass is 638 g/mol. The molecule has 0 amide bonds. The van der Waals surface area contributed by atoms with Gasteiger partial charge in [-0.05, 0) is 95.7 Å². The molecular formula is C37H18O7S2. The number of ketones is 1. The molecule has 8 rings (SSSR count). The van der Waals surface area contributed by atoms with Gasteiger partial charge in [0.2, 0.25) is 0 Å². The topological polar surface area (TPSA) is 104 Å². The predicted molar refractivity (Wildman–Crippen MR) is 172 cm³/mol. The second-order valence-corrected chi connectivity index (χ2v) is 12.8. The highest BCUT2D eigenvalue weighted by Crippen LogP contribution is 2.40. The molecule has 7 nitrogen and oxygen atoms in total. The molecule has 0 aliphatic carbocycles. The van der Waals surface area contributed by atoms with Crippen molar-refractivity contribution in [2.45, 2.75) is 19.6 Å². The van der Waals surface area contributed by atoms with Crippen LogP contribution >= 0.6 is 23.5 Å². The van der Waals surface area contributed by atoms with Crippen molar-refractivity contribution in [2.75, 3.05) is 0 Å². The number of carbonyl (C=O) groups excluding carboxylic acids is 5. The molecule has 0 unspecified atom stereocenters. The quantitative estimate of drug-likeness (QED) is 0.102. The second-order valence-electron chi connectivity index (χ2n) is 10.6. The number of cyclic esters (lactones) is 4. The molecule has 220 valence electrons. The summed E-state index contributed by atoms with van der Waals surface area (Å²) in [6.45, 7) is 0. The Labute approximate surface area is 269 Å².